The van der Waals surface area contributed by atoms with Gasteiger partial charge in [-0.25, -0.2) is 9.36 Å². The summed E-state index contributed by atoms with van der Waals surface area (Å²) in [5.41, 5.74) is 1.76. The van der Waals surface area contributed by atoms with Crippen LogP contribution < -0.4 is 4.57 Å². The summed E-state index contributed by atoms with van der Waals surface area (Å²) >= 11 is 0. The average molecular weight is 204 g/mol. The van der Waals surface area contributed by atoms with E-state index < -0.39 is 5.97 Å². The molecule has 0 aliphatic heterocycles. The lowest BCUT2D eigenvalue weighted by atomic mass is 10.2. The number of rotatable bonds is 3. The molecule has 78 valence electrons. The number of pyridine rings is 1. The Hall–Kier alpha value is -1.90. The van der Waals surface area contributed by atoms with Crippen LogP contribution in [-0.2, 0) is 11.8 Å². The number of allylic oxidation sites excluding steroid dienone is 2. The number of carboxylic acid groups (broad SMARTS) is 1. The van der Waals surface area contributed by atoms with E-state index in [1.165, 1.54) is 6.08 Å². The van der Waals surface area contributed by atoms with Crippen molar-refractivity contribution in [3.63, 3.8) is 0 Å². The molecule has 1 aromatic heterocycles. The first-order chi connectivity index (χ1) is 7.08. The lowest BCUT2D eigenvalue weighted by molar-refractivity contribution is -0.671. The molecule has 0 fully saturated rings. The second-order valence-corrected chi connectivity index (χ2v) is 3.36. The number of carboxylic acids is 1. The second kappa shape index (κ2) is 5.10. The highest BCUT2D eigenvalue weighted by atomic mass is 16.4. The van der Waals surface area contributed by atoms with Gasteiger partial charge in [-0.1, -0.05) is 6.08 Å². The van der Waals surface area contributed by atoms with Crippen LogP contribution >= 0.6 is 0 Å². The highest BCUT2D eigenvalue weighted by Gasteiger charge is 1.94. The summed E-state index contributed by atoms with van der Waals surface area (Å²) < 4.78 is 1.94. The molecule has 0 aliphatic carbocycles. The van der Waals surface area contributed by atoms with Crippen molar-refractivity contribution in [3.8, 4) is 0 Å². The van der Waals surface area contributed by atoms with Gasteiger partial charge in [0.25, 0.3) is 0 Å². The van der Waals surface area contributed by atoms with Crippen molar-refractivity contribution >= 4 is 12.0 Å². The molecular weight excluding hydrogens is 190 g/mol. The largest absolute Gasteiger partial charge is 0.478 e. The molecule has 1 aromatic rings. The number of aromatic nitrogens is 1. The van der Waals surface area contributed by atoms with Gasteiger partial charge >= 0.3 is 5.97 Å². The Balaban J connectivity index is 2.78. The average Bonchev–Trinajstić information content (AvgIpc) is 2.14. The third-order valence-electron chi connectivity index (χ3n) is 1.85. The molecule has 0 spiro atoms. The maximum absolute atomic E-state index is 10.4. The van der Waals surface area contributed by atoms with E-state index in [0.29, 0.717) is 5.57 Å². The van der Waals surface area contributed by atoms with Gasteiger partial charge in [0.05, 0.1) is 0 Å². The van der Waals surface area contributed by atoms with Gasteiger partial charge in [-0.05, 0) is 24.6 Å². The third-order valence-corrected chi connectivity index (χ3v) is 1.85. The molecule has 0 amide bonds. The Morgan fingerprint density at radius 1 is 1.53 bits per heavy atom. The highest BCUT2D eigenvalue weighted by molar-refractivity contribution is 5.81. The van der Waals surface area contributed by atoms with Gasteiger partial charge in [-0.2, -0.15) is 0 Å². The Labute approximate surface area is 89.0 Å². The van der Waals surface area contributed by atoms with Gasteiger partial charge in [-0.3, -0.25) is 0 Å². The standard InChI is InChI=1S/C12H13NO2/c1-10(8-12(14)15)5-6-11-4-3-7-13(2)9-11/h3-9H,1-2H3/p+1/b6-5+,10-8?. The zero-order valence-corrected chi connectivity index (χ0v) is 8.84. The fourth-order valence-electron chi connectivity index (χ4n) is 1.18. The molecule has 3 nitrogen and oxygen atoms in total. The van der Waals surface area contributed by atoms with Crippen LogP contribution in [0.4, 0.5) is 0 Å². The molecule has 15 heavy (non-hydrogen) atoms. The number of hydrogen-bond acceptors (Lipinski definition) is 1. The van der Waals surface area contributed by atoms with Crippen LogP contribution in [0.15, 0.2) is 42.3 Å². The fraction of sp³-hybridized carbons (Fsp3) is 0.167. The van der Waals surface area contributed by atoms with Gasteiger partial charge in [0.1, 0.15) is 7.05 Å². The summed E-state index contributed by atoms with van der Waals surface area (Å²) in [6.07, 6.45) is 8.75. The summed E-state index contributed by atoms with van der Waals surface area (Å²) in [5.74, 6) is -0.921. The molecule has 0 bridgehead atoms. The molecule has 0 atom stereocenters. The number of aryl methyl sites for hydroxylation is 1. The van der Waals surface area contributed by atoms with Crippen LogP contribution in [0, 0.1) is 0 Å². The molecule has 0 aliphatic rings. The summed E-state index contributed by atoms with van der Waals surface area (Å²) in [7, 11) is 1.94. The van der Waals surface area contributed by atoms with Crippen LogP contribution in [0.5, 0.6) is 0 Å². The van der Waals surface area contributed by atoms with Crippen LogP contribution in [0.1, 0.15) is 12.5 Å². The summed E-state index contributed by atoms with van der Waals surface area (Å²) in [6.45, 7) is 1.76. The molecule has 1 N–H and O–H groups in total. The van der Waals surface area contributed by atoms with Crippen molar-refractivity contribution in [2.75, 3.05) is 0 Å². The lowest BCUT2D eigenvalue weighted by Gasteiger charge is -1.91. The topological polar surface area (TPSA) is 41.2 Å². The lowest BCUT2D eigenvalue weighted by Crippen LogP contribution is -2.26. The van der Waals surface area contributed by atoms with E-state index in [4.69, 9.17) is 5.11 Å². The predicted octanol–water partition coefficient (Wildman–Crippen LogP) is 1.56. The van der Waals surface area contributed by atoms with Crippen molar-refractivity contribution in [2.45, 2.75) is 6.92 Å². The van der Waals surface area contributed by atoms with Crippen LogP contribution in [-0.4, -0.2) is 11.1 Å². The smallest absolute Gasteiger partial charge is 0.328 e. The van der Waals surface area contributed by atoms with Gasteiger partial charge in [0.2, 0.25) is 0 Å². The van der Waals surface area contributed by atoms with Crippen molar-refractivity contribution < 1.29 is 14.5 Å². The first-order valence-corrected chi connectivity index (χ1v) is 4.62. The van der Waals surface area contributed by atoms with Crippen LogP contribution in [0.2, 0.25) is 0 Å². The van der Waals surface area contributed by atoms with E-state index in [9.17, 15) is 4.79 Å². The van der Waals surface area contributed by atoms with E-state index in [-0.39, 0.29) is 0 Å². The van der Waals surface area contributed by atoms with E-state index in [1.54, 1.807) is 13.0 Å². The zero-order valence-electron chi connectivity index (χ0n) is 8.84. The minimum atomic E-state index is -0.921. The van der Waals surface area contributed by atoms with Crippen molar-refractivity contribution in [1.82, 2.24) is 0 Å². The molecule has 1 rings (SSSR count). The number of aliphatic carboxylic acids is 1. The Kier molecular flexibility index (Phi) is 3.80. The normalized spacial score (nSPS) is 12.0. The molecule has 0 unspecified atom stereocenters. The molecular formula is C12H14NO2+. The minimum Gasteiger partial charge on any atom is -0.478 e. The Bertz CT molecular complexity index is 419. The Morgan fingerprint density at radius 3 is 2.87 bits per heavy atom. The molecule has 0 aromatic carbocycles. The van der Waals surface area contributed by atoms with Gasteiger partial charge in [0, 0.05) is 17.7 Å². The first kappa shape index (κ1) is 11.2. The van der Waals surface area contributed by atoms with Crippen molar-refractivity contribution in [3.05, 3.63) is 47.8 Å². The fourth-order valence-corrected chi connectivity index (χ4v) is 1.18. The second-order valence-electron chi connectivity index (χ2n) is 3.36. The van der Waals surface area contributed by atoms with E-state index in [1.807, 2.05) is 42.2 Å². The molecule has 3 heteroatoms. The van der Waals surface area contributed by atoms with Gasteiger partial charge in [-0.15, -0.1) is 0 Å². The van der Waals surface area contributed by atoms with Crippen molar-refractivity contribution in [2.24, 2.45) is 7.05 Å². The summed E-state index contributed by atoms with van der Waals surface area (Å²) in [5, 5.41) is 8.51. The van der Waals surface area contributed by atoms with Gasteiger partial charge < -0.3 is 5.11 Å². The third kappa shape index (κ3) is 4.22. The number of carbonyl (C=O) groups is 1. The molecule has 0 saturated carbocycles. The number of hydrogen-bond donors (Lipinski definition) is 1. The predicted molar refractivity (Wildman–Crippen MR) is 58.0 cm³/mol. The Morgan fingerprint density at radius 2 is 2.27 bits per heavy atom. The molecule has 0 radical (unpaired) electrons. The van der Waals surface area contributed by atoms with E-state index >= 15 is 0 Å². The van der Waals surface area contributed by atoms with E-state index in [2.05, 4.69) is 0 Å². The summed E-state index contributed by atoms with van der Waals surface area (Å²) in [6, 6.07) is 3.90. The zero-order chi connectivity index (χ0) is 11.3. The summed E-state index contributed by atoms with van der Waals surface area (Å²) in [4.78, 5) is 10.4. The van der Waals surface area contributed by atoms with Crippen LogP contribution in [0.3, 0.4) is 0 Å². The van der Waals surface area contributed by atoms with Crippen molar-refractivity contribution in [1.29, 1.82) is 0 Å². The van der Waals surface area contributed by atoms with Crippen LogP contribution in [0.25, 0.3) is 6.08 Å². The van der Waals surface area contributed by atoms with Gasteiger partial charge in [0.15, 0.2) is 12.4 Å². The molecule has 1 heterocycles. The maximum Gasteiger partial charge on any atom is 0.328 e. The molecule has 0 saturated heterocycles. The first-order valence-electron chi connectivity index (χ1n) is 4.62. The SMILES string of the molecule is CC(=CC(=O)O)/C=C/c1ccc[n+](C)c1. The monoisotopic (exact) mass is 204 g/mol. The maximum atomic E-state index is 10.4. The quantitative estimate of drug-likeness (QED) is 0.461. The van der Waals surface area contributed by atoms with E-state index in [0.717, 1.165) is 5.56 Å². The minimum absolute atomic E-state index is 0.717. The number of nitrogens with zero attached hydrogens (tertiary/aromatic N) is 1. The highest BCUT2D eigenvalue weighted by Crippen LogP contribution is 2.02.